The highest BCUT2D eigenvalue weighted by atomic mass is 35.5. The molecule has 8 heteroatoms. The molecule has 0 N–H and O–H groups in total. The summed E-state index contributed by atoms with van der Waals surface area (Å²) in [7, 11) is 0. The number of carbonyl (C=O) groups excluding carboxylic acids is 1. The lowest BCUT2D eigenvalue weighted by molar-refractivity contribution is -0.306. The Morgan fingerprint density at radius 1 is 1.25 bits per heavy atom. The summed E-state index contributed by atoms with van der Waals surface area (Å²) in [4.78, 5) is 38.9. The van der Waals surface area contributed by atoms with Crippen LogP contribution in [-0.4, -0.2) is 15.1 Å². The largest absolute Gasteiger partial charge is 0.548 e. The number of halogens is 1. The number of aromatic nitrogens is 2. The Labute approximate surface area is 169 Å². The van der Waals surface area contributed by atoms with Crippen LogP contribution in [0.3, 0.4) is 0 Å². The number of fused-ring (bicyclic) bond motifs is 3. The molecular weight excluding hydrogens is 400 g/mol. The number of aliphatic carboxylic acids is 1. The lowest BCUT2D eigenvalue weighted by Gasteiger charge is -2.18. The summed E-state index contributed by atoms with van der Waals surface area (Å²) in [5, 5.41) is 12.2. The van der Waals surface area contributed by atoms with Crippen LogP contribution in [0, 0.1) is 5.92 Å². The quantitative estimate of drug-likeness (QED) is 0.648. The van der Waals surface area contributed by atoms with Crippen molar-refractivity contribution in [2.45, 2.75) is 39.3 Å². The van der Waals surface area contributed by atoms with Crippen LogP contribution in [0.15, 0.2) is 33.9 Å². The van der Waals surface area contributed by atoms with Crippen LogP contribution in [0.5, 0.6) is 0 Å². The molecule has 0 amide bonds. The number of thiophene rings is 1. The molecule has 0 fully saturated rings. The number of carboxylic acid groups (broad SMARTS) is 1. The number of aryl methyl sites for hydroxylation is 1. The zero-order valence-electron chi connectivity index (χ0n) is 15.2. The van der Waals surface area contributed by atoms with Crippen molar-refractivity contribution in [1.29, 1.82) is 0 Å². The Balaban J connectivity index is 1.99. The Morgan fingerprint density at radius 2 is 1.96 bits per heavy atom. The Kier molecular flexibility index (Phi) is 4.89. The Hall–Kier alpha value is -2.38. The molecule has 0 radical (unpaired) electrons. The van der Waals surface area contributed by atoms with Gasteiger partial charge in [0.2, 0.25) is 0 Å². The molecule has 1 aliphatic rings. The first-order chi connectivity index (χ1) is 13.3. The van der Waals surface area contributed by atoms with Crippen LogP contribution in [0.2, 0.25) is 5.02 Å². The monoisotopic (exact) mass is 417 g/mol. The van der Waals surface area contributed by atoms with Gasteiger partial charge in [-0.15, -0.1) is 11.3 Å². The molecule has 2 aromatic heterocycles. The fourth-order valence-corrected chi connectivity index (χ4v) is 5.24. The molecule has 1 aliphatic carbocycles. The van der Waals surface area contributed by atoms with E-state index in [1.165, 1.54) is 15.9 Å². The molecule has 4 rings (SSSR count). The maximum atomic E-state index is 13.0. The Bertz CT molecular complexity index is 1190. The molecule has 6 nitrogen and oxygen atoms in total. The highest BCUT2D eigenvalue weighted by molar-refractivity contribution is 7.18. The van der Waals surface area contributed by atoms with Gasteiger partial charge in [-0.2, -0.15) is 0 Å². The standard InChI is InChI=1S/C20H19ClN2O4S/c1-11-2-7-15-14(8-11)17-18(26)22(10-16(24)25)20(27)23(19(17)28-15)9-12-3-5-13(21)6-4-12/h3-6,11H,2,7-10H2,1H3,(H,24,25)/p-1/t11-/m1/s1. The molecule has 0 aliphatic heterocycles. The fraction of sp³-hybridized carbons (Fsp3) is 0.350. The van der Waals surface area contributed by atoms with E-state index < -0.39 is 23.8 Å². The molecule has 1 aromatic carbocycles. The molecule has 28 heavy (non-hydrogen) atoms. The summed E-state index contributed by atoms with van der Waals surface area (Å²) in [5.41, 5.74) is 0.623. The van der Waals surface area contributed by atoms with Crippen LogP contribution < -0.4 is 16.4 Å². The van der Waals surface area contributed by atoms with Gasteiger partial charge in [0.05, 0.1) is 24.4 Å². The van der Waals surface area contributed by atoms with Gasteiger partial charge >= 0.3 is 5.69 Å². The van der Waals surface area contributed by atoms with E-state index in [9.17, 15) is 19.5 Å². The SMILES string of the molecule is C[C@@H]1CCc2sc3c(c2C1)c(=O)n(CC(=O)[O-])c(=O)n3Cc1ccc(Cl)cc1. The maximum absolute atomic E-state index is 13.0. The third-order valence-corrected chi connectivity index (χ3v) is 6.76. The van der Waals surface area contributed by atoms with Crippen LogP contribution >= 0.6 is 22.9 Å². The average molecular weight is 418 g/mol. The van der Waals surface area contributed by atoms with E-state index in [0.717, 1.165) is 39.8 Å². The van der Waals surface area contributed by atoms with E-state index in [0.29, 0.717) is 21.2 Å². The summed E-state index contributed by atoms with van der Waals surface area (Å²) in [6.45, 7) is 1.61. The second-order valence-corrected chi connectivity index (χ2v) is 8.81. The first-order valence-corrected chi connectivity index (χ1v) is 10.3. The molecule has 0 bridgehead atoms. The zero-order chi connectivity index (χ0) is 20.0. The van der Waals surface area contributed by atoms with Gasteiger partial charge in [0, 0.05) is 9.90 Å². The first-order valence-electron chi connectivity index (χ1n) is 9.07. The number of hydrogen-bond acceptors (Lipinski definition) is 5. The lowest BCUT2D eigenvalue weighted by Crippen LogP contribution is -2.44. The fourth-order valence-electron chi connectivity index (χ4n) is 3.79. The van der Waals surface area contributed by atoms with Gasteiger partial charge in [-0.25, -0.2) is 4.79 Å². The highest BCUT2D eigenvalue weighted by Crippen LogP contribution is 2.36. The first kappa shape index (κ1) is 19.0. The van der Waals surface area contributed by atoms with Gasteiger partial charge < -0.3 is 9.90 Å². The van der Waals surface area contributed by atoms with E-state index in [2.05, 4.69) is 6.92 Å². The van der Waals surface area contributed by atoms with Crippen LogP contribution in [0.1, 0.15) is 29.3 Å². The molecular formula is C20H18ClN2O4S-. The second-order valence-electron chi connectivity index (χ2n) is 7.29. The van der Waals surface area contributed by atoms with Gasteiger partial charge in [-0.05, 0) is 48.4 Å². The van der Waals surface area contributed by atoms with Gasteiger partial charge in [0.25, 0.3) is 5.56 Å². The van der Waals surface area contributed by atoms with Crippen molar-refractivity contribution in [3.63, 3.8) is 0 Å². The van der Waals surface area contributed by atoms with Crippen molar-refractivity contribution in [1.82, 2.24) is 9.13 Å². The number of rotatable bonds is 4. The third kappa shape index (κ3) is 3.29. The predicted molar refractivity (Wildman–Crippen MR) is 107 cm³/mol. The minimum absolute atomic E-state index is 0.231. The molecule has 1 atom stereocenters. The average Bonchev–Trinajstić information content (AvgIpc) is 3.02. The third-order valence-electron chi connectivity index (χ3n) is 5.20. The van der Waals surface area contributed by atoms with Crippen LogP contribution in [-0.2, 0) is 30.7 Å². The topological polar surface area (TPSA) is 84.1 Å². The summed E-state index contributed by atoms with van der Waals surface area (Å²) in [6.07, 6.45) is 2.66. The van der Waals surface area contributed by atoms with Crippen molar-refractivity contribution in [2.24, 2.45) is 5.92 Å². The zero-order valence-corrected chi connectivity index (χ0v) is 16.8. The van der Waals surface area contributed by atoms with Gasteiger partial charge in [0.1, 0.15) is 4.83 Å². The molecule has 2 heterocycles. The molecule has 3 aromatic rings. The van der Waals surface area contributed by atoms with Crippen LogP contribution in [0.4, 0.5) is 0 Å². The molecule has 0 spiro atoms. The summed E-state index contributed by atoms with van der Waals surface area (Å²) in [5.74, 6) is -1.02. The van der Waals surface area contributed by atoms with E-state index in [1.54, 1.807) is 12.1 Å². The number of nitrogens with zero attached hydrogens (tertiary/aromatic N) is 2. The second kappa shape index (κ2) is 7.22. The number of hydrogen-bond donors (Lipinski definition) is 0. The lowest BCUT2D eigenvalue weighted by atomic mass is 9.89. The van der Waals surface area contributed by atoms with E-state index in [1.807, 2.05) is 12.1 Å². The number of benzene rings is 1. The number of carboxylic acids is 1. The van der Waals surface area contributed by atoms with Crippen molar-refractivity contribution in [3.05, 3.63) is 66.1 Å². The van der Waals surface area contributed by atoms with E-state index in [-0.39, 0.29) is 6.54 Å². The predicted octanol–water partition coefficient (Wildman–Crippen LogP) is 1.80. The smallest absolute Gasteiger partial charge is 0.332 e. The van der Waals surface area contributed by atoms with Gasteiger partial charge in [-0.3, -0.25) is 13.9 Å². The Morgan fingerprint density at radius 3 is 2.64 bits per heavy atom. The molecule has 0 unspecified atom stereocenters. The molecule has 0 saturated heterocycles. The van der Waals surface area contributed by atoms with Gasteiger partial charge in [0.15, 0.2) is 0 Å². The minimum Gasteiger partial charge on any atom is -0.548 e. The van der Waals surface area contributed by atoms with E-state index in [4.69, 9.17) is 11.6 Å². The number of carbonyl (C=O) groups is 1. The van der Waals surface area contributed by atoms with Crippen molar-refractivity contribution < 1.29 is 9.90 Å². The molecule has 146 valence electrons. The molecule has 0 saturated carbocycles. The summed E-state index contributed by atoms with van der Waals surface area (Å²) >= 11 is 7.41. The van der Waals surface area contributed by atoms with Crippen molar-refractivity contribution >= 4 is 39.1 Å². The van der Waals surface area contributed by atoms with E-state index >= 15 is 0 Å². The van der Waals surface area contributed by atoms with Crippen molar-refractivity contribution in [2.75, 3.05) is 0 Å². The van der Waals surface area contributed by atoms with Crippen LogP contribution in [0.25, 0.3) is 10.2 Å². The van der Waals surface area contributed by atoms with Gasteiger partial charge in [-0.1, -0.05) is 30.7 Å². The highest BCUT2D eigenvalue weighted by Gasteiger charge is 2.26. The van der Waals surface area contributed by atoms with Crippen molar-refractivity contribution in [3.8, 4) is 0 Å². The maximum Gasteiger partial charge on any atom is 0.332 e. The summed E-state index contributed by atoms with van der Waals surface area (Å²) < 4.78 is 2.27. The normalized spacial score (nSPS) is 16.3. The minimum atomic E-state index is -1.46. The summed E-state index contributed by atoms with van der Waals surface area (Å²) in [6, 6.07) is 7.09.